The third-order valence-electron chi connectivity index (χ3n) is 16.1. The topological polar surface area (TPSA) is 147 Å². The average Bonchev–Trinajstić information content (AvgIpc) is 1.49. The summed E-state index contributed by atoms with van der Waals surface area (Å²) in [5.74, 6) is 2.12. The monoisotopic (exact) mass is 1170 g/mol. The number of aromatic nitrogens is 10. The molecule has 14 aromatic rings. The Morgan fingerprint density at radius 1 is 0.322 bits per heavy atom. The second kappa shape index (κ2) is 23.1. The van der Waals surface area contributed by atoms with Gasteiger partial charge >= 0.3 is 7.12 Å². The Kier molecular flexibility index (Phi) is 15.0. The van der Waals surface area contributed by atoms with Crippen LogP contribution in [0.15, 0.2) is 201 Å². The van der Waals surface area contributed by atoms with Crippen molar-refractivity contribution in [2.45, 2.75) is 66.6 Å². The third kappa shape index (κ3) is 11.1. The van der Waals surface area contributed by atoms with Gasteiger partial charge in [0.25, 0.3) is 0 Å². The van der Waals surface area contributed by atoms with Crippen molar-refractivity contribution in [2.75, 3.05) is 0 Å². The van der Waals surface area contributed by atoms with Crippen LogP contribution in [0, 0.1) is 27.7 Å². The van der Waals surface area contributed by atoms with Crippen LogP contribution in [0.3, 0.4) is 0 Å². The number of halogens is 2. The van der Waals surface area contributed by atoms with Gasteiger partial charge in [0.1, 0.15) is 0 Å². The molecule has 424 valence electrons. The van der Waals surface area contributed by atoms with Gasteiger partial charge in [-0.3, -0.25) is 19.9 Å². The summed E-state index contributed by atoms with van der Waals surface area (Å²) in [6.45, 7) is 16.2. The molecule has 0 unspecified atom stereocenters. The normalized spacial score (nSPS) is 13.5. The first-order valence-corrected chi connectivity index (χ1v) is 29.4. The van der Waals surface area contributed by atoms with E-state index in [4.69, 9.17) is 42.5 Å². The number of nitrogens with zero attached hydrogens (tertiary/aromatic N) is 10. The van der Waals surface area contributed by atoms with Crippen LogP contribution in [-0.4, -0.2) is 68.2 Å². The molecule has 0 spiro atoms. The van der Waals surface area contributed by atoms with Crippen LogP contribution in [0.2, 0.25) is 10.0 Å². The molecule has 1 saturated heterocycles. The van der Waals surface area contributed by atoms with Crippen molar-refractivity contribution >= 4 is 101 Å². The predicted molar refractivity (Wildman–Crippen MR) is 354 cm³/mol. The maximum atomic E-state index is 6.35. The van der Waals surface area contributed by atoms with Gasteiger partial charge in [-0.25, -0.2) is 29.9 Å². The number of pyridine rings is 4. The van der Waals surface area contributed by atoms with Gasteiger partial charge in [0.05, 0.1) is 43.3 Å². The molecule has 15 heteroatoms. The van der Waals surface area contributed by atoms with E-state index in [-0.39, 0.29) is 18.3 Å². The highest BCUT2D eigenvalue weighted by molar-refractivity contribution is 6.62. The lowest BCUT2D eigenvalue weighted by molar-refractivity contribution is 0.00578. The van der Waals surface area contributed by atoms with Gasteiger partial charge in [0, 0.05) is 120 Å². The lowest BCUT2D eigenvalue weighted by atomic mass is 9.78. The highest BCUT2D eigenvalue weighted by Gasteiger charge is 2.51. The number of hydrogen-bond acceptors (Lipinski definition) is 12. The summed E-state index contributed by atoms with van der Waals surface area (Å²) >= 11 is 12.7. The van der Waals surface area contributed by atoms with Gasteiger partial charge in [-0.05, 0) is 138 Å². The molecule has 15 rings (SSSR count). The van der Waals surface area contributed by atoms with E-state index in [1.807, 2.05) is 105 Å². The minimum absolute atomic E-state index is 0.336. The molecule has 8 heterocycles. The molecular formula is C72H57BCl2N10O2. The zero-order valence-electron chi connectivity index (χ0n) is 49.2. The molecule has 0 N–H and O–H groups in total. The first-order chi connectivity index (χ1) is 42.1. The summed E-state index contributed by atoms with van der Waals surface area (Å²) in [6, 6.07) is 55.2. The van der Waals surface area contributed by atoms with E-state index in [0.29, 0.717) is 17.5 Å². The average molecular weight is 1180 g/mol. The number of fused-ring (bicyclic) bond motifs is 10. The minimum atomic E-state index is -0.362. The maximum Gasteiger partial charge on any atom is 0.494 e. The first kappa shape index (κ1) is 56.6. The number of benzene rings is 7. The zero-order chi connectivity index (χ0) is 60.1. The Labute approximate surface area is 513 Å². The Bertz CT molecular complexity index is 4710. The van der Waals surface area contributed by atoms with Crippen molar-refractivity contribution in [1.82, 2.24) is 49.8 Å². The summed E-state index contributed by atoms with van der Waals surface area (Å²) in [7, 11) is -0.362. The summed E-state index contributed by atoms with van der Waals surface area (Å²) in [5.41, 5.74) is 15.2. The van der Waals surface area contributed by atoms with Crippen molar-refractivity contribution in [3.63, 3.8) is 0 Å². The minimum Gasteiger partial charge on any atom is -0.399 e. The van der Waals surface area contributed by atoms with E-state index in [2.05, 4.69) is 154 Å². The second-order valence-electron chi connectivity index (χ2n) is 22.7. The van der Waals surface area contributed by atoms with Gasteiger partial charge in [-0.1, -0.05) is 132 Å². The van der Waals surface area contributed by atoms with Crippen LogP contribution in [-0.2, 0) is 9.31 Å². The van der Waals surface area contributed by atoms with Gasteiger partial charge in [0.15, 0.2) is 17.5 Å². The van der Waals surface area contributed by atoms with Crippen molar-refractivity contribution in [3.8, 4) is 56.4 Å². The summed E-state index contributed by atoms with van der Waals surface area (Å²) in [4.78, 5) is 45.8. The van der Waals surface area contributed by atoms with Gasteiger partial charge < -0.3 is 9.31 Å². The van der Waals surface area contributed by atoms with Crippen molar-refractivity contribution < 1.29 is 9.31 Å². The van der Waals surface area contributed by atoms with Crippen molar-refractivity contribution in [3.05, 3.63) is 234 Å². The zero-order valence-corrected chi connectivity index (χ0v) is 50.7. The maximum absolute atomic E-state index is 6.35. The highest BCUT2D eigenvalue weighted by Crippen LogP contribution is 2.41. The standard InChI is InChI=1S/C38H26N6.C18H12Cl2N2.C16H19BN2O2/c1-23-19-33(25-7-3-9-27(21-25)37-39-15-5-16-40-37)31-13-12-30-29(35(31)43-23)11-14-32-34(20-24(2)44-36(30)32)26-8-4-10-28(22-26)38-41-17-6-18-42-38;1-9-7-15(19)13-5-4-12-11(17(13)21-9)3-6-14-16(20)8-10(2)22-18(12)14;1-15(2)16(3,4)21-17(20-15)13-8-5-7-12(11-13)14-18-9-6-10-19-14/h3-22H,1-2H3;3-8H,1-2H3;5-11H,1-4H3. The Balaban J connectivity index is 0.000000136. The molecule has 1 aliphatic heterocycles. The third-order valence-corrected chi connectivity index (χ3v) is 16.8. The number of hydrogen-bond donors (Lipinski definition) is 0. The van der Waals surface area contributed by atoms with Crippen LogP contribution in [0.25, 0.3) is 122 Å². The lowest BCUT2D eigenvalue weighted by Crippen LogP contribution is -2.41. The van der Waals surface area contributed by atoms with Crippen LogP contribution in [0.1, 0.15) is 50.5 Å². The SMILES string of the molecule is CC1(C)OB(c2cccc(-c3ncccn3)c2)OC1(C)C.Cc1cc(-c2cccc(-c3ncccn3)c2)c2ccc3c(ccc4c(-c5cccc(-c6ncccn6)c5)cc(C)nc43)c2n1.Cc1cc(Cl)c2ccc3c(ccc4c(Cl)cc(C)nc43)c2n1. The van der Waals surface area contributed by atoms with Crippen LogP contribution < -0.4 is 5.46 Å². The van der Waals surface area contributed by atoms with E-state index in [0.717, 1.165) is 142 Å². The molecule has 1 aliphatic rings. The molecule has 1 fully saturated rings. The van der Waals surface area contributed by atoms with Crippen LogP contribution in [0.5, 0.6) is 0 Å². The molecule has 0 aliphatic carbocycles. The molecule has 7 aromatic heterocycles. The summed E-state index contributed by atoms with van der Waals surface area (Å²) in [6.07, 6.45) is 10.6. The predicted octanol–water partition coefficient (Wildman–Crippen LogP) is 17.1. The molecule has 0 amide bonds. The molecule has 87 heavy (non-hydrogen) atoms. The fourth-order valence-electron chi connectivity index (χ4n) is 11.3. The van der Waals surface area contributed by atoms with E-state index in [9.17, 15) is 0 Å². The summed E-state index contributed by atoms with van der Waals surface area (Å²) < 4.78 is 12.2. The second-order valence-corrected chi connectivity index (χ2v) is 23.6. The van der Waals surface area contributed by atoms with E-state index in [1.165, 1.54) is 0 Å². The van der Waals surface area contributed by atoms with Gasteiger partial charge in [-0.2, -0.15) is 0 Å². The van der Waals surface area contributed by atoms with Gasteiger partial charge in [-0.15, -0.1) is 0 Å². The molecule has 7 aromatic carbocycles. The highest BCUT2D eigenvalue weighted by atomic mass is 35.5. The Hall–Kier alpha value is -9.50. The fraction of sp³-hybridized carbons (Fsp3) is 0.139. The Morgan fingerprint density at radius 2 is 0.621 bits per heavy atom. The first-order valence-electron chi connectivity index (χ1n) is 28.6. The van der Waals surface area contributed by atoms with Crippen molar-refractivity contribution in [1.29, 1.82) is 0 Å². The molecule has 0 radical (unpaired) electrons. The van der Waals surface area contributed by atoms with Crippen LogP contribution >= 0.6 is 23.2 Å². The lowest BCUT2D eigenvalue weighted by Gasteiger charge is -2.32. The van der Waals surface area contributed by atoms with Crippen molar-refractivity contribution in [2.24, 2.45) is 0 Å². The number of rotatable bonds is 6. The van der Waals surface area contributed by atoms with E-state index < -0.39 is 0 Å². The number of aryl methyl sites for hydroxylation is 4. The van der Waals surface area contributed by atoms with E-state index >= 15 is 0 Å². The smallest absolute Gasteiger partial charge is 0.399 e. The fourth-order valence-corrected chi connectivity index (χ4v) is 11.9. The molecule has 0 bridgehead atoms. The Morgan fingerprint density at radius 3 is 1.00 bits per heavy atom. The van der Waals surface area contributed by atoms with Gasteiger partial charge in [0.2, 0.25) is 0 Å². The van der Waals surface area contributed by atoms with E-state index in [1.54, 1.807) is 37.2 Å². The molecule has 0 saturated carbocycles. The molecular weight excluding hydrogens is 1120 g/mol. The summed E-state index contributed by atoms with van der Waals surface area (Å²) in [5, 5.41) is 9.80. The molecule has 12 nitrogen and oxygen atoms in total. The largest absolute Gasteiger partial charge is 0.494 e. The van der Waals surface area contributed by atoms with Crippen LogP contribution in [0.4, 0.5) is 0 Å². The quantitative estimate of drug-likeness (QED) is 0.115. The molecule has 0 atom stereocenters.